The molecule has 0 spiro atoms. The highest BCUT2D eigenvalue weighted by molar-refractivity contribution is 6.34. The average molecular weight is 378 g/mol. The quantitative estimate of drug-likeness (QED) is 0.568. The topological polar surface area (TPSA) is 108 Å². The summed E-state index contributed by atoms with van der Waals surface area (Å²) in [5.41, 5.74) is 3.06. The monoisotopic (exact) mass is 377 g/mol. The van der Waals surface area contributed by atoms with E-state index in [0.29, 0.717) is 36.6 Å². The molecule has 0 aliphatic carbocycles. The normalized spacial score (nSPS) is 13.2. The predicted octanol–water partition coefficient (Wildman–Crippen LogP) is 1.34. The number of H-pyrrole nitrogens is 1. The van der Waals surface area contributed by atoms with E-state index < -0.39 is 0 Å². The van der Waals surface area contributed by atoms with Crippen molar-refractivity contribution in [2.45, 2.75) is 13.0 Å². The van der Waals surface area contributed by atoms with Gasteiger partial charge < -0.3 is 20.7 Å². The molecular formula is C17H20ClN5O3. The van der Waals surface area contributed by atoms with E-state index in [4.69, 9.17) is 16.3 Å². The molecule has 0 saturated heterocycles. The molecule has 1 aromatic heterocycles. The van der Waals surface area contributed by atoms with E-state index in [9.17, 15) is 9.59 Å². The molecule has 0 saturated carbocycles. The number of fused-ring (bicyclic) bond motifs is 1. The number of ether oxygens (including phenoxy) is 1. The molecule has 2 amide bonds. The van der Waals surface area contributed by atoms with Crippen LogP contribution in [0.2, 0.25) is 5.02 Å². The summed E-state index contributed by atoms with van der Waals surface area (Å²) < 4.78 is 4.89. The third kappa shape index (κ3) is 4.04. The van der Waals surface area contributed by atoms with Crippen molar-refractivity contribution in [2.75, 3.05) is 32.1 Å². The smallest absolute Gasteiger partial charge is 0.276 e. The molecule has 2 aromatic rings. The summed E-state index contributed by atoms with van der Waals surface area (Å²) in [5, 5.41) is 16.0. The van der Waals surface area contributed by atoms with Crippen LogP contribution in [-0.4, -0.2) is 48.8 Å². The van der Waals surface area contributed by atoms with Crippen LogP contribution in [0.25, 0.3) is 0 Å². The largest absolute Gasteiger partial charge is 0.383 e. The molecule has 1 aromatic carbocycles. The van der Waals surface area contributed by atoms with Crippen molar-refractivity contribution in [1.82, 2.24) is 20.8 Å². The number of aromatic amines is 1. The second kappa shape index (κ2) is 8.31. The second-order valence-electron chi connectivity index (χ2n) is 5.85. The van der Waals surface area contributed by atoms with Crippen molar-refractivity contribution in [1.29, 1.82) is 0 Å². The Morgan fingerprint density at radius 3 is 2.96 bits per heavy atom. The maximum absolute atomic E-state index is 12.5. The molecule has 138 valence electrons. The lowest BCUT2D eigenvalue weighted by Gasteiger charge is -2.13. The molecule has 2 heterocycles. The first-order chi connectivity index (χ1) is 12.6. The van der Waals surface area contributed by atoms with Crippen molar-refractivity contribution in [3.63, 3.8) is 0 Å². The van der Waals surface area contributed by atoms with Crippen LogP contribution in [-0.2, 0) is 17.7 Å². The molecule has 4 N–H and O–H groups in total. The molecule has 1 aliphatic heterocycles. The van der Waals surface area contributed by atoms with Crippen LogP contribution < -0.4 is 16.0 Å². The Hall–Kier alpha value is -2.42. The number of carbonyl (C=O) groups excluding carboxylic acids is 2. The second-order valence-corrected chi connectivity index (χ2v) is 6.26. The molecule has 26 heavy (non-hydrogen) atoms. The Morgan fingerprint density at radius 1 is 1.35 bits per heavy atom. The van der Waals surface area contributed by atoms with E-state index in [-0.39, 0.29) is 16.8 Å². The molecule has 8 nitrogen and oxygen atoms in total. The Bertz CT molecular complexity index is 821. The average Bonchev–Trinajstić information content (AvgIpc) is 3.06. The Labute approximate surface area is 155 Å². The van der Waals surface area contributed by atoms with E-state index in [1.54, 1.807) is 25.3 Å². The number of nitrogens with one attached hydrogen (secondary N) is 4. The fraction of sp³-hybridized carbons (Fsp3) is 0.353. The zero-order chi connectivity index (χ0) is 18.5. The first-order valence-corrected chi connectivity index (χ1v) is 8.63. The van der Waals surface area contributed by atoms with Crippen molar-refractivity contribution < 1.29 is 14.3 Å². The van der Waals surface area contributed by atoms with E-state index >= 15 is 0 Å². The van der Waals surface area contributed by atoms with Gasteiger partial charge >= 0.3 is 0 Å². The number of rotatable bonds is 6. The number of hydrogen-bond acceptors (Lipinski definition) is 5. The minimum Gasteiger partial charge on any atom is -0.383 e. The number of methoxy groups -OCH3 is 1. The fourth-order valence-electron chi connectivity index (χ4n) is 2.74. The number of halogens is 1. The summed E-state index contributed by atoms with van der Waals surface area (Å²) in [6.07, 6.45) is 0.814. The highest BCUT2D eigenvalue weighted by atomic mass is 35.5. The first-order valence-electron chi connectivity index (χ1n) is 8.25. The van der Waals surface area contributed by atoms with Crippen molar-refractivity contribution >= 4 is 29.1 Å². The molecule has 0 fully saturated rings. The molecule has 0 radical (unpaired) electrons. The van der Waals surface area contributed by atoms with Crippen LogP contribution in [0.15, 0.2) is 18.2 Å². The van der Waals surface area contributed by atoms with Crippen LogP contribution in [0, 0.1) is 0 Å². The zero-order valence-electron chi connectivity index (χ0n) is 14.3. The third-order valence-electron chi connectivity index (χ3n) is 4.08. The van der Waals surface area contributed by atoms with Gasteiger partial charge in [-0.3, -0.25) is 14.7 Å². The van der Waals surface area contributed by atoms with Gasteiger partial charge in [0.1, 0.15) is 0 Å². The van der Waals surface area contributed by atoms with Crippen LogP contribution in [0.1, 0.15) is 32.1 Å². The van der Waals surface area contributed by atoms with E-state index in [0.717, 1.165) is 24.2 Å². The Morgan fingerprint density at radius 2 is 2.19 bits per heavy atom. The molecule has 0 unspecified atom stereocenters. The molecule has 9 heteroatoms. The van der Waals surface area contributed by atoms with E-state index in [1.165, 1.54) is 0 Å². The van der Waals surface area contributed by atoms with Gasteiger partial charge in [-0.2, -0.15) is 5.10 Å². The standard InChI is InChI=1S/C17H20ClN5O3/c1-26-7-6-20-16(24)11-3-2-10(8-13(11)18)21-17(25)15-12-9-19-5-4-14(12)22-23-15/h2-3,8,19H,4-7,9H2,1H3,(H,20,24)(H,21,25)(H,22,23). The van der Waals surface area contributed by atoms with E-state index in [2.05, 4.69) is 26.1 Å². The van der Waals surface area contributed by atoms with Gasteiger partial charge in [-0.15, -0.1) is 0 Å². The van der Waals surface area contributed by atoms with Crippen molar-refractivity contribution in [3.8, 4) is 0 Å². The summed E-state index contributed by atoms with van der Waals surface area (Å²) >= 11 is 6.19. The number of nitrogens with zero attached hydrogens (tertiary/aromatic N) is 1. The Kier molecular flexibility index (Phi) is 5.87. The van der Waals surface area contributed by atoms with Crippen molar-refractivity contribution in [3.05, 3.63) is 45.7 Å². The van der Waals surface area contributed by atoms with Crippen LogP contribution in [0.3, 0.4) is 0 Å². The highest BCUT2D eigenvalue weighted by Gasteiger charge is 2.22. The van der Waals surface area contributed by atoms with Gasteiger partial charge in [0.05, 0.1) is 17.2 Å². The molecule has 1 aliphatic rings. The number of anilines is 1. The third-order valence-corrected chi connectivity index (χ3v) is 4.40. The highest BCUT2D eigenvalue weighted by Crippen LogP contribution is 2.22. The lowest BCUT2D eigenvalue weighted by Crippen LogP contribution is -2.27. The molecular weight excluding hydrogens is 358 g/mol. The molecule has 0 bridgehead atoms. The maximum Gasteiger partial charge on any atom is 0.276 e. The SMILES string of the molecule is COCCNC(=O)c1ccc(NC(=O)c2n[nH]c3c2CNCC3)cc1Cl. The minimum absolute atomic E-state index is 0.253. The van der Waals surface area contributed by atoms with Gasteiger partial charge in [-0.05, 0) is 18.2 Å². The number of benzene rings is 1. The number of amides is 2. The number of aromatic nitrogens is 2. The summed E-state index contributed by atoms with van der Waals surface area (Å²) in [5.74, 6) is -0.614. The van der Waals surface area contributed by atoms with Gasteiger partial charge in [0, 0.05) is 50.1 Å². The maximum atomic E-state index is 12.5. The lowest BCUT2D eigenvalue weighted by atomic mass is 10.1. The minimum atomic E-state index is -0.320. The van der Waals surface area contributed by atoms with Crippen molar-refractivity contribution in [2.24, 2.45) is 0 Å². The van der Waals surface area contributed by atoms with Gasteiger partial charge in [0.25, 0.3) is 11.8 Å². The molecule has 3 rings (SSSR count). The lowest BCUT2D eigenvalue weighted by molar-refractivity contribution is 0.0936. The number of hydrogen-bond donors (Lipinski definition) is 4. The van der Waals surface area contributed by atoms with Crippen LogP contribution in [0.4, 0.5) is 5.69 Å². The summed E-state index contributed by atoms with van der Waals surface area (Å²) in [6, 6.07) is 4.75. The van der Waals surface area contributed by atoms with Gasteiger partial charge in [0.2, 0.25) is 0 Å². The van der Waals surface area contributed by atoms with Crippen LogP contribution in [0.5, 0.6) is 0 Å². The predicted molar refractivity (Wildman–Crippen MR) is 97.6 cm³/mol. The summed E-state index contributed by atoms with van der Waals surface area (Å²) in [7, 11) is 1.56. The van der Waals surface area contributed by atoms with Gasteiger partial charge in [0.15, 0.2) is 5.69 Å². The summed E-state index contributed by atoms with van der Waals surface area (Å²) in [4.78, 5) is 24.6. The first kappa shape index (κ1) is 18.4. The fourth-order valence-corrected chi connectivity index (χ4v) is 3.01. The number of carbonyl (C=O) groups is 2. The Balaban J connectivity index is 1.69. The van der Waals surface area contributed by atoms with Gasteiger partial charge in [-0.1, -0.05) is 11.6 Å². The summed E-state index contributed by atoms with van der Waals surface area (Å²) in [6.45, 7) is 2.28. The van der Waals surface area contributed by atoms with Crippen LogP contribution >= 0.6 is 11.6 Å². The van der Waals surface area contributed by atoms with E-state index in [1.807, 2.05) is 0 Å². The van der Waals surface area contributed by atoms with Gasteiger partial charge in [-0.25, -0.2) is 0 Å². The molecule has 0 atom stereocenters. The zero-order valence-corrected chi connectivity index (χ0v) is 15.1.